The fourth-order valence-electron chi connectivity index (χ4n) is 1.91. The summed E-state index contributed by atoms with van der Waals surface area (Å²) < 4.78 is 6.70. The number of hydrogen-bond donors (Lipinski definition) is 1. The first-order chi connectivity index (χ1) is 8.74. The summed E-state index contributed by atoms with van der Waals surface area (Å²) in [5.74, 6) is 0.622. The quantitative estimate of drug-likeness (QED) is 0.768. The molecule has 1 aromatic carbocycles. The Bertz CT molecular complexity index is 638. The molecule has 3 aromatic rings. The smallest absolute Gasteiger partial charge is 0.134 e. The van der Waals surface area contributed by atoms with E-state index >= 15 is 0 Å². The van der Waals surface area contributed by atoms with E-state index in [0.717, 1.165) is 20.3 Å². The van der Waals surface area contributed by atoms with Crippen LogP contribution < -0.4 is 0 Å². The summed E-state index contributed by atoms with van der Waals surface area (Å²) in [6.07, 6.45) is -0.0368. The van der Waals surface area contributed by atoms with Crippen molar-refractivity contribution in [2.75, 3.05) is 0 Å². The van der Waals surface area contributed by atoms with Crippen LogP contribution in [0, 0.1) is 0 Å². The van der Waals surface area contributed by atoms with Crippen LogP contribution in [-0.4, -0.2) is 5.11 Å². The van der Waals surface area contributed by atoms with Crippen molar-refractivity contribution in [1.29, 1.82) is 0 Å². The molecule has 1 N–H and O–H groups in total. The number of fused-ring (bicyclic) bond motifs is 1. The van der Waals surface area contributed by atoms with Gasteiger partial charge in [-0.1, -0.05) is 18.2 Å². The Hall–Kier alpha value is -1.10. The number of thiophene rings is 1. The van der Waals surface area contributed by atoms with E-state index in [1.54, 1.807) is 11.3 Å². The number of rotatable bonds is 3. The predicted molar refractivity (Wildman–Crippen MR) is 76.9 cm³/mol. The molecule has 0 aliphatic heterocycles. The maximum Gasteiger partial charge on any atom is 0.134 e. The van der Waals surface area contributed by atoms with E-state index in [4.69, 9.17) is 4.42 Å². The number of hydrogen-bond acceptors (Lipinski definition) is 3. The Morgan fingerprint density at radius 3 is 2.83 bits per heavy atom. The van der Waals surface area contributed by atoms with Crippen molar-refractivity contribution in [1.82, 2.24) is 0 Å². The van der Waals surface area contributed by atoms with E-state index < -0.39 is 6.10 Å². The van der Waals surface area contributed by atoms with Crippen LogP contribution in [0.2, 0.25) is 0 Å². The lowest BCUT2D eigenvalue weighted by molar-refractivity contribution is 0.153. The van der Waals surface area contributed by atoms with E-state index in [1.165, 1.54) is 0 Å². The third-order valence-corrected chi connectivity index (χ3v) is 4.79. The first-order valence-electron chi connectivity index (χ1n) is 5.62. The molecule has 18 heavy (non-hydrogen) atoms. The van der Waals surface area contributed by atoms with Gasteiger partial charge in [0.05, 0.1) is 0 Å². The number of benzene rings is 1. The predicted octanol–water partition coefficient (Wildman–Crippen LogP) is 4.53. The van der Waals surface area contributed by atoms with Crippen LogP contribution in [0.15, 0.2) is 50.7 Å². The topological polar surface area (TPSA) is 33.4 Å². The van der Waals surface area contributed by atoms with E-state index in [1.807, 2.05) is 41.8 Å². The van der Waals surface area contributed by atoms with Crippen LogP contribution in [-0.2, 0) is 6.42 Å². The van der Waals surface area contributed by atoms with Gasteiger partial charge in [-0.3, -0.25) is 0 Å². The van der Waals surface area contributed by atoms with Gasteiger partial charge in [-0.25, -0.2) is 0 Å². The molecule has 3 rings (SSSR count). The summed E-state index contributed by atoms with van der Waals surface area (Å²) in [5.41, 5.74) is 0.816. The summed E-state index contributed by atoms with van der Waals surface area (Å²) in [5, 5.41) is 13.2. The highest BCUT2D eigenvalue weighted by Crippen LogP contribution is 2.30. The van der Waals surface area contributed by atoms with E-state index in [9.17, 15) is 5.11 Å². The molecule has 0 spiro atoms. The fourth-order valence-corrected chi connectivity index (χ4v) is 3.47. The molecule has 0 aliphatic carbocycles. The molecule has 0 fully saturated rings. The van der Waals surface area contributed by atoms with Crippen LogP contribution in [0.25, 0.3) is 11.0 Å². The zero-order chi connectivity index (χ0) is 12.5. The number of aliphatic hydroxyl groups excluding tert-OH is 1. The second kappa shape index (κ2) is 4.88. The normalized spacial score (nSPS) is 13.0. The molecule has 0 amide bonds. The summed E-state index contributed by atoms with van der Waals surface area (Å²) in [6, 6.07) is 11.7. The molecular formula is C14H11BrO2S. The highest BCUT2D eigenvalue weighted by Gasteiger charge is 2.15. The third-order valence-electron chi connectivity index (χ3n) is 2.84. The van der Waals surface area contributed by atoms with Crippen molar-refractivity contribution < 1.29 is 9.52 Å². The summed E-state index contributed by atoms with van der Waals surface area (Å²) in [4.78, 5) is 1.13. The van der Waals surface area contributed by atoms with Crippen LogP contribution in [0.5, 0.6) is 0 Å². The number of para-hydroxylation sites is 1. The highest BCUT2D eigenvalue weighted by atomic mass is 79.9. The molecule has 2 aromatic heterocycles. The van der Waals surface area contributed by atoms with E-state index in [-0.39, 0.29) is 0 Å². The minimum absolute atomic E-state index is 0.568. The molecule has 0 saturated carbocycles. The first kappa shape index (κ1) is 12.0. The van der Waals surface area contributed by atoms with Crippen LogP contribution in [0.1, 0.15) is 16.7 Å². The molecule has 0 radical (unpaired) electrons. The molecule has 4 heteroatoms. The fraction of sp³-hybridized carbons (Fsp3) is 0.143. The van der Waals surface area contributed by atoms with Crippen LogP contribution in [0.3, 0.4) is 0 Å². The minimum Gasteiger partial charge on any atom is -0.458 e. The van der Waals surface area contributed by atoms with Crippen molar-refractivity contribution in [2.24, 2.45) is 0 Å². The lowest BCUT2D eigenvalue weighted by atomic mass is 10.1. The molecule has 1 atom stereocenters. The van der Waals surface area contributed by atoms with Gasteiger partial charge in [0.15, 0.2) is 0 Å². The molecule has 1 unspecified atom stereocenters. The molecule has 0 saturated heterocycles. The Kier molecular flexibility index (Phi) is 3.24. The van der Waals surface area contributed by atoms with Gasteiger partial charge in [-0.2, -0.15) is 0 Å². The zero-order valence-electron chi connectivity index (χ0n) is 9.47. The lowest BCUT2D eigenvalue weighted by Gasteiger charge is -2.06. The molecule has 2 heterocycles. The van der Waals surface area contributed by atoms with Crippen molar-refractivity contribution in [3.63, 3.8) is 0 Å². The van der Waals surface area contributed by atoms with E-state index in [2.05, 4.69) is 15.9 Å². The second-order valence-electron chi connectivity index (χ2n) is 4.10. The van der Waals surface area contributed by atoms with Gasteiger partial charge in [0.2, 0.25) is 0 Å². The van der Waals surface area contributed by atoms with Crippen molar-refractivity contribution in [2.45, 2.75) is 12.5 Å². The molecule has 2 nitrogen and oxygen atoms in total. The molecular weight excluding hydrogens is 312 g/mol. The van der Waals surface area contributed by atoms with E-state index in [0.29, 0.717) is 12.2 Å². The SMILES string of the molecule is OC(Cc1sccc1Br)c1cc2ccccc2o1. The highest BCUT2D eigenvalue weighted by molar-refractivity contribution is 9.10. The van der Waals surface area contributed by atoms with Gasteiger partial charge in [-0.05, 0) is 39.5 Å². The third kappa shape index (κ3) is 2.23. The maximum atomic E-state index is 10.2. The van der Waals surface area contributed by atoms with Gasteiger partial charge in [0.25, 0.3) is 0 Å². The van der Waals surface area contributed by atoms with Gasteiger partial charge in [-0.15, -0.1) is 11.3 Å². The summed E-state index contributed by atoms with van der Waals surface area (Å²) in [6.45, 7) is 0. The Morgan fingerprint density at radius 1 is 1.28 bits per heavy atom. The van der Waals surface area contributed by atoms with Crippen molar-refractivity contribution >= 4 is 38.2 Å². The Balaban J connectivity index is 1.88. The first-order valence-corrected chi connectivity index (χ1v) is 7.30. The summed E-state index contributed by atoms with van der Waals surface area (Å²) in [7, 11) is 0. The monoisotopic (exact) mass is 322 g/mol. The standard InChI is InChI=1S/C14H11BrO2S/c15-10-5-6-18-14(10)8-11(16)13-7-9-3-1-2-4-12(9)17-13/h1-7,11,16H,8H2. The minimum atomic E-state index is -0.604. The van der Waals surface area contributed by atoms with Crippen molar-refractivity contribution in [3.8, 4) is 0 Å². The molecule has 0 bridgehead atoms. The van der Waals surface area contributed by atoms with Crippen molar-refractivity contribution in [3.05, 3.63) is 56.9 Å². The lowest BCUT2D eigenvalue weighted by Crippen LogP contribution is -1.98. The molecule has 92 valence electrons. The van der Waals surface area contributed by atoms with Crippen LogP contribution in [0.4, 0.5) is 0 Å². The number of halogens is 1. The Labute approximate surface area is 117 Å². The average molecular weight is 323 g/mol. The zero-order valence-corrected chi connectivity index (χ0v) is 11.9. The molecule has 0 aliphatic rings. The largest absolute Gasteiger partial charge is 0.458 e. The van der Waals surface area contributed by atoms with Gasteiger partial charge >= 0.3 is 0 Å². The van der Waals surface area contributed by atoms with Gasteiger partial charge in [0.1, 0.15) is 17.4 Å². The number of aliphatic hydroxyl groups is 1. The van der Waals surface area contributed by atoms with Crippen LogP contribution >= 0.6 is 27.3 Å². The number of furan rings is 1. The van der Waals surface area contributed by atoms with Gasteiger partial charge < -0.3 is 9.52 Å². The Morgan fingerprint density at radius 2 is 2.11 bits per heavy atom. The summed E-state index contributed by atoms with van der Waals surface area (Å²) >= 11 is 5.10. The maximum absolute atomic E-state index is 10.2. The average Bonchev–Trinajstić information content (AvgIpc) is 2.96. The second-order valence-corrected chi connectivity index (χ2v) is 5.95. The van der Waals surface area contributed by atoms with Gasteiger partial charge in [0, 0.05) is 21.2 Å².